The van der Waals surface area contributed by atoms with Crippen LogP contribution in [0.25, 0.3) is 0 Å². The van der Waals surface area contributed by atoms with E-state index in [1.807, 2.05) is 0 Å². The second kappa shape index (κ2) is 15.4. The Kier molecular flexibility index (Phi) is 10.4. The van der Waals surface area contributed by atoms with Crippen LogP contribution in [0.4, 0.5) is 0 Å². The molecular formula is C38H31NO11. The van der Waals surface area contributed by atoms with Crippen LogP contribution in [0, 0.1) is 0 Å². The molecule has 2 amide bonds. The quantitative estimate of drug-likeness (QED) is 0.133. The average Bonchev–Trinajstić information content (AvgIpc) is 3.50. The van der Waals surface area contributed by atoms with Crippen LogP contribution in [-0.2, 0) is 33.3 Å². The van der Waals surface area contributed by atoms with Crippen LogP contribution < -0.4 is 0 Å². The Bertz CT molecular complexity index is 1840. The number of esters is 4. The summed E-state index contributed by atoms with van der Waals surface area (Å²) in [6, 6.07) is 31.7. The summed E-state index contributed by atoms with van der Waals surface area (Å²) in [5, 5.41) is 0. The largest absolute Gasteiger partial charge is 0.459 e. The van der Waals surface area contributed by atoms with Gasteiger partial charge in [-0.3, -0.25) is 14.5 Å². The van der Waals surface area contributed by atoms with Crippen LogP contribution in [0.2, 0.25) is 0 Å². The Hall–Kier alpha value is -6.14. The van der Waals surface area contributed by atoms with Crippen molar-refractivity contribution in [2.45, 2.75) is 43.5 Å². The highest BCUT2D eigenvalue weighted by molar-refractivity contribution is 6.02. The molecule has 2 aliphatic heterocycles. The third kappa shape index (κ3) is 7.61. The smallest absolute Gasteiger partial charge is 0.338 e. The van der Waals surface area contributed by atoms with Gasteiger partial charge in [-0.25, -0.2) is 19.2 Å². The van der Waals surface area contributed by atoms with E-state index in [4.69, 9.17) is 23.7 Å². The number of carbonyl (C=O) groups is 6. The topological polar surface area (TPSA) is 152 Å². The lowest BCUT2D eigenvalue weighted by Gasteiger charge is -2.46. The third-order valence-corrected chi connectivity index (χ3v) is 8.10. The molecule has 0 aliphatic carbocycles. The van der Waals surface area contributed by atoms with Crippen molar-refractivity contribution in [3.63, 3.8) is 0 Å². The summed E-state index contributed by atoms with van der Waals surface area (Å²) < 4.78 is 29.7. The van der Waals surface area contributed by atoms with Gasteiger partial charge in [0.25, 0.3) is 0 Å². The molecule has 2 aliphatic rings. The fourth-order valence-electron chi connectivity index (χ4n) is 5.63. The lowest BCUT2D eigenvalue weighted by molar-refractivity contribution is -0.256. The van der Waals surface area contributed by atoms with E-state index in [2.05, 4.69) is 0 Å². The Morgan fingerprint density at radius 2 is 0.880 bits per heavy atom. The van der Waals surface area contributed by atoms with Crippen LogP contribution in [0.1, 0.15) is 54.3 Å². The molecule has 12 nitrogen and oxygen atoms in total. The first-order chi connectivity index (χ1) is 24.3. The molecule has 2 saturated heterocycles. The van der Waals surface area contributed by atoms with Crippen molar-refractivity contribution in [3.05, 3.63) is 144 Å². The molecular weight excluding hydrogens is 646 g/mol. The van der Waals surface area contributed by atoms with Gasteiger partial charge in [0.1, 0.15) is 12.7 Å². The van der Waals surface area contributed by atoms with E-state index in [1.54, 1.807) is 72.8 Å². The van der Waals surface area contributed by atoms with E-state index in [1.165, 1.54) is 48.5 Å². The van der Waals surface area contributed by atoms with Gasteiger partial charge in [0, 0.05) is 12.8 Å². The van der Waals surface area contributed by atoms with Crippen molar-refractivity contribution in [1.82, 2.24) is 4.90 Å². The van der Waals surface area contributed by atoms with Crippen molar-refractivity contribution in [3.8, 4) is 0 Å². The minimum absolute atomic E-state index is 0.107. The highest BCUT2D eigenvalue weighted by Crippen LogP contribution is 2.34. The van der Waals surface area contributed by atoms with Crippen LogP contribution in [0.5, 0.6) is 0 Å². The Balaban J connectivity index is 1.43. The van der Waals surface area contributed by atoms with Gasteiger partial charge >= 0.3 is 23.9 Å². The standard InChI is InChI=1S/C38H31NO11/c40-29-21-22-30(41)39(29)34-33(50-38(45)27-19-11-4-12-20-27)32(49-37(44)26-17-9-3-10-18-26)31(48-36(43)25-15-7-2-8-16-25)28(47-34)23-46-35(42)24-13-5-1-6-14-24/h1-20,28,31-34H,21-23H2/t28-,31-,32+,33-,34-/m1/s1. The van der Waals surface area contributed by atoms with E-state index in [0.29, 0.717) is 0 Å². The molecule has 0 saturated carbocycles. The van der Waals surface area contributed by atoms with Crippen LogP contribution in [0.15, 0.2) is 121 Å². The highest BCUT2D eigenvalue weighted by atomic mass is 16.7. The summed E-state index contributed by atoms with van der Waals surface area (Å²) in [6.45, 7) is -0.577. The van der Waals surface area contributed by atoms with Gasteiger partial charge < -0.3 is 23.7 Å². The van der Waals surface area contributed by atoms with E-state index < -0.39 is 72.9 Å². The SMILES string of the molecule is O=C(OC[C@H]1O[C@@H](N2C(=O)CCC2=O)[C@H](OC(=O)c2ccccc2)[C@@H](OC(=O)c2ccccc2)[C@@H]1OC(=O)c1ccccc1)c1ccccc1. The zero-order chi connectivity index (χ0) is 35.0. The molecule has 4 aromatic rings. The fourth-order valence-corrected chi connectivity index (χ4v) is 5.63. The van der Waals surface area contributed by atoms with Crippen molar-refractivity contribution >= 4 is 35.7 Å². The first-order valence-corrected chi connectivity index (χ1v) is 15.8. The predicted octanol–water partition coefficient (Wildman–Crippen LogP) is 4.39. The molecule has 0 N–H and O–H groups in total. The van der Waals surface area contributed by atoms with Gasteiger partial charge in [0.05, 0.1) is 22.3 Å². The predicted molar refractivity (Wildman–Crippen MR) is 173 cm³/mol. The Morgan fingerprint density at radius 3 is 1.30 bits per heavy atom. The number of carbonyl (C=O) groups excluding carboxylic acids is 6. The van der Waals surface area contributed by atoms with Crippen molar-refractivity contribution in [2.24, 2.45) is 0 Å². The van der Waals surface area contributed by atoms with Crippen molar-refractivity contribution in [1.29, 1.82) is 0 Å². The lowest BCUT2D eigenvalue weighted by atomic mass is 9.96. The molecule has 254 valence electrons. The third-order valence-electron chi connectivity index (χ3n) is 8.10. The molecule has 5 atom stereocenters. The molecule has 0 aromatic heterocycles. The first-order valence-electron chi connectivity index (χ1n) is 15.8. The molecule has 4 aromatic carbocycles. The van der Waals surface area contributed by atoms with Gasteiger partial charge in [-0.2, -0.15) is 0 Å². The summed E-state index contributed by atoms with van der Waals surface area (Å²) in [6.07, 6.45) is -8.34. The monoisotopic (exact) mass is 677 g/mol. The van der Waals surface area contributed by atoms with Crippen LogP contribution in [0.3, 0.4) is 0 Å². The van der Waals surface area contributed by atoms with E-state index >= 15 is 0 Å². The van der Waals surface area contributed by atoms with Gasteiger partial charge in [0.2, 0.25) is 11.8 Å². The molecule has 0 radical (unpaired) electrons. The van der Waals surface area contributed by atoms with E-state index in [0.717, 1.165) is 4.90 Å². The number of hydrogen-bond acceptors (Lipinski definition) is 11. The van der Waals surface area contributed by atoms with Gasteiger partial charge in [-0.15, -0.1) is 0 Å². The number of nitrogens with zero attached hydrogens (tertiary/aromatic N) is 1. The van der Waals surface area contributed by atoms with Crippen molar-refractivity contribution in [2.75, 3.05) is 6.61 Å². The lowest BCUT2D eigenvalue weighted by Crippen LogP contribution is -2.67. The number of ether oxygens (including phenoxy) is 5. The molecule has 2 heterocycles. The van der Waals surface area contributed by atoms with Crippen LogP contribution >= 0.6 is 0 Å². The summed E-state index contributed by atoms with van der Waals surface area (Å²) in [5.41, 5.74) is 0.558. The number of imide groups is 1. The Morgan fingerprint density at radius 1 is 0.520 bits per heavy atom. The molecule has 50 heavy (non-hydrogen) atoms. The van der Waals surface area contributed by atoms with Gasteiger partial charge in [-0.1, -0.05) is 72.8 Å². The molecule has 2 fully saturated rings. The van der Waals surface area contributed by atoms with Crippen molar-refractivity contribution < 1.29 is 52.5 Å². The van der Waals surface area contributed by atoms with Gasteiger partial charge in [0.15, 0.2) is 24.5 Å². The zero-order valence-corrected chi connectivity index (χ0v) is 26.5. The van der Waals surface area contributed by atoms with Crippen LogP contribution in [-0.4, -0.2) is 77.8 Å². The molecule has 0 spiro atoms. The Labute approximate surface area is 286 Å². The number of amides is 2. The average molecular weight is 678 g/mol. The summed E-state index contributed by atoms with van der Waals surface area (Å²) >= 11 is 0. The maximum atomic E-state index is 13.7. The molecule has 0 unspecified atom stereocenters. The fraction of sp³-hybridized carbons (Fsp3) is 0.211. The molecule has 0 bridgehead atoms. The second-order valence-corrected chi connectivity index (χ2v) is 11.4. The molecule has 6 rings (SSSR count). The normalized spacial score (nSPS) is 21.6. The number of rotatable bonds is 10. The van der Waals surface area contributed by atoms with E-state index in [-0.39, 0.29) is 35.1 Å². The van der Waals surface area contributed by atoms with Gasteiger partial charge in [-0.05, 0) is 48.5 Å². The number of benzene rings is 4. The summed E-state index contributed by atoms with van der Waals surface area (Å²) in [7, 11) is 0. The minimum Gasteiger partial charge on any atom is -0.459 e. The minimum atomic E-state index is -1.70. The maximum absolute atomic E-state index is 13.7. The number of likely N-dealkylation sites (tertiary alicyclic amines) is 1. The molecule has 12 heteroatoms. The van der Waals surface area contributed by atoms with E-state index in [9.17, 15) is 28.8 Å². The summed E-state index contributed by atoms with van der Waals surface area (Å²) in [4.78, 5) is 80.9. The first kappa shape index (κ1) is 33.7. The summed E-state index contributed by atoms with van der Waals surface area (Å²) in [5.74, 6) is -4.66. The maximum Gasteiger partial charge on any atom is 0.338 e. The zero-order valence-electron chi connectivity index (χ0n) is 26.5. The highest BCUT2D eigenvalue weighted by Gasteiger charge is 2.57. The number of hydrogen-bond donors (Lipinski definition) is 0. The second-order valence-electron chi connectivity index (χ2n) is 11.4.